The topological polar surface area (TPSA) is 57.9 Å². The van der Waals surface area contributed by atoms with Gasteiger partial charge in [-0.1, -0.05) is 36.9 Å². The Hall–Kier alpha value is -3.80. The van der Waals surface area contributed by atoms with E-state index in [1.54, 1.807) is 27.5 Å². The van der Waals surface area contributed by atoms with Crippen LogP contribution >= 0.6 is 0 Å². The van der Waals surface area contributed by atoms with Crippen molar-refractivity contribution >= 4 is 11.7 Å². The summed E-state index contributed by atoms with van der Waals surface area (Å²) in [6.07, 6.45) is 3.58. The van der Waals surface area contributed by atoms with Crippen molar-refractivity contribution in [3.8, 4) is 39.8 Å². The van der Waals surface area contributed by atoms with Gasteiger partial charge in [0.1, 0.15) is 0 Å². The quantitative estimate of drug-likeness (QED) is 0.479. The van der Waals surface area contributed by atoms with Crippen LogP contribution in [0.5, 0.6) is 17.2 Å². The smallest absolute Gasteiger partial charge is 0.203 e. The molecule has 6 nitrogen and oxygen atoms in total. The van der Waals surface area contributed by atoms with Crippen molar-refractivity contribution in [3.05, 3.63) is 66.9 Å². The Kier molecular flexibility index (Phi) is 4.91. The molecule has 0 aliphatic rings. The molecule has 0 unspecified atom stereocenters. The molecule has 0 fully saturated rings. The van der Waals surface area contributed by atoms with Crippen LogP contribution in [0.4, 0.5) is 0 Å². The van der Waals surface area contributed by atoms with Gasteiger partial charge in [-0.25, -0.2) is 9.50 Å². The third-order valence-corrected chi connectivity index (χ3v) is 4.76. The van der Waals surface area contributed by atoms with E-state index < -0.39 is 0 Å². The number of rotatable bonds is 6. The number of hydrogen-bond donors (Lipinski definition) is 0. The molecule has 2 aromatic carbocycles. The van der Waals surface area contributed by atoms with Crippen molar-refractivity contribution in [2.24, 2.45) is 0 Å². The zero-order chi connectivity index (χ0) is 20.4. The number of ether oxygens (including phenoxy) is 3. The fourth-order valence-corrected chi connectivity index (χ4v) is 3.27. The normalized spacial score (nSPS) is 10.7. The third-order valence-electron chi connectivity index (χ3n) is 4.76. The van der Waals surface area contributed by atoms with Gasteiger partial charge in [-0.2, -0.15) is 5.10 Å². The van der Waals surface area contributed by atoms with E-state index in [2.05, 4.69) is 11.6 Å². The molecule has 6 heteroatoms. The lowest BCUT2D eigenvalue weighted by Gasteiger charge is -2.14. The van der Waals surface area contributed by atoms with E-state index in [9.17, 15) is 0 Å². The first-order chi connectivity index (χ1) is 14.2. The minimum Gasteiger partial charge on any atom is -0.493 e. The Balaban J connectivity index is 1.86. The molecule has 0 aliphatic carbocycles. The van der Waals surface area contributed by atoms with Crippen LogP contribution in [-0.2, 0) is 0 Å². The van der Waals surface area contributed by atoms with Crippen LogP contribution < -0.4 is 14.2 Å². The molecule has 2 heterocycles. The van der Waals surface area contributed by atoms with E-state index in [0.717, 1.165) is 33.7 Å². The second-order valence-electron chi connectivity index (χ2n) is 6.37. The Morgan fingerprint density at radius 2 is 1.55 bits per heavy atom. The van der Waals surface area contributed by atoms with Crippen LogP contribution in [0.1, 0.15) is 5.56 Å². The molecule has 0 amide bonds. The molecule has 29 heavy (non-hydrogen) atoms. The average Bonchev–Trinajstić information content (AvgIpc) is 3.22. The van der Waals surface area contributed by atoms with Crippen molar-refractivity contribution in [2.75, 3.05) is 21.3 Å². The van der Waals surface area contributed by atoms with Gasteiger partial charge in [-0.15, -0.1) is 0 Å². The summed E-state index contributed by atoms with van der Waals surface area (Å²) in [6, 6.07) is 15.7. The highest BCUT2D eigenvalue weighted by molar-refractivity contribution is 5.72. The summed E-state index contributed by atoms with van der Waals surface area (Å²) < 4.78 is 18.2. The van der Waals surface area contributed by atoms with Crippen molar-refractivity contribution in [2.45, 2.75) is 0 Å². The van der Waals surface area contributed by atoms with Gasteiger partial charge in [0.05, 0.1) is 32.7 Å². The van der Waals surface area contributed by atoms with Gasteiger partial charge in [0, 0.05) is 23.4 Å². The van der Waals surface area contributed by atoms with Gasteiger partial charge in [0.2, 0.25) is 5.75 Å². The number of aromatic nitrogens is 3. The third kappa shape index (κ3) is 3.29. The number of fused-ring (bicyclic) bond motifs is 1. The van der Waals surface area contributed by atoms with E-state index in [1.807, 2.05) is 59.1 Å². The highest BCUT2D eigenvalue weighted by Gasteiger charge is 2.17. The molecular formula is C23H21N3O3. The maximum atomic E-state index is 5.49. The molecule has 0 atom stereocenters. The fraction of sp³-hybridized carbons (Fsp3) is 0.130. The van der Waals surface area contributed by atoms with Crippen molar-refractivity contribution in [1.82, 2.24) is 14.6 Å². The maximum absolute atomic E-state index is 5.49. The molecule has 4 aromatic rings. The van der Waals surface area contributed by atoms with Crippen LogP contribution in [-0.4, -0.2) is 35.9 Å². The van der Waals surface area contributed by atoms with Crippen LogP contribution in [0, 0.1) is 0 Å². The Labute approximate surface area is 169 Å². The maximum Gasteiger partial charge on any atom is 0.203 e. The van der Waals surface area contributed by atoms with Gasteiger partial charge in [-0.05, 0) is 23.8 Å². The van der Waals surface area contributed by atoms with Crippen LogP contribution in [0.2, 0.25) is 0 Å². The van der Waals surface area contributed by atoms with Crippen molar-refractivity contribution in [3.63, 3.8) is 0 Å². The highest BCUT2D eigenvalue weighted by atomic mass is 16.5. The standard InChI is InChI=1S/C23H21N3O3/c1-5-15-6-8-16(9-7-15)18-14-22-24-11-10-19(26(22)25-18)17-12-20(27-2)23(29-4)21(13-17)28-3/h5-14H,1H2,2-4H3. The Morgan fingerprint density at radius 3 is 2.14 bits per heavy atom. The number of methoxy groups -OCH3 is 3. The van der Waals surface area contributed by atoms with Crippen molar-refractivity contribution < 1.29 is 14.2 Å². The molecule has 0 N–H and O–H groups in total. The predicted octanol–water partition coefficient (Wildman–Crippen LogP) is 4.73. The second kappa shape index (κ2) is 7.67. The number of hydrogen-bond acceptors (Lipinski definition) is 5. The van der Waals surface area contributed by atoms with Crippen LogP contribution in [0.15, 0.2) is 61.3 Å². The summed E-state index contributed by atoms with van der Waals surface area (Å²) in [4.78, 5) is 4.46. The first kappa shape index (κ1) is 18.6. The average molecular weight is 387 g/mol. The first-order valence-corrected chi connectivity index (χ1v) is 9.06. The number of benzene rings is 2. The van der Waals surface area contributed by atoms with E-state index in [4.69, 9.17) is 19.3 Å². The summed E-state index contributed by atoms with van der Waals surface area (Å²) in [5.74, 6) is 1.71. The summed E-state index contributed by atoms with van der Waals surface area (Å²) in [6.45, 7) is 3.79. The fourth-order valence-electron chi connectivity index (χ4n) is 3.27. The second-order valence-corrected chi connectivity index (χ2v) is 6.37. The van der Waals surface area contributed by atoms with Gasteiger partial charge in [0.15, 0.2) is 17.1 Å². The monoisotopic (exact) mass is 387 g/mol. The largest absolute Gasteiger partial charge is 0.493 e. The van der Waals surface area contributed by atoms with E-state index in [0.29, 0.717) is 17.2 Å². The lowest BCUT2D eigenvalue weighted by atomic mass is 10.1. The van der Waals surface area contributed by atoms with Crippen LogP contribution in [0.25, 0.3) is 34.2 Å². The van der Waals surface area contributed by atoms with Crippen molar-refractivity contribution in [1.29, 1.82) is 0 Å². The molecule has 146 valence electrons. The molecule has 0 saturated heterocycles. The molecule has 2 aromatic heterocycles. The van der Waals surface area contributed by atoms with E-state index in [-0.39, 0.29) is 0 Å². The Bertz CT molecular complexity index is 1150. The van der Waals surface area contributed by atoms with Crippen LogP contribution in [0.3, 0.4) is 0 Å². The molecule has 0 radical (unpaired) electrons. The van der Waals surface area contributed by atoms with Gasteiger partial charge >= 0.3 is 0 Å². The molecule has 0 bridgehead atoms. The minimum atomic E-state index is 0.549. The predicted molar refractivity (Wildman–Crippen MR) is 114 cm³/mol. The summed E-state index contributed by atoms with van der Waals surface area (Å²) in [5.41, 5.74) is 5.41. The summed E-state index contributed by atoms with van der Waals surface area (Å²) >= 11 is 0. The van der Waals surface area contributed by atoms with E-state index in [1.165, 1.54) is 0 Å². The van der Waals surface area contributed by atoms with E-state index >= 15 is 0 Å². The molecule has 0 saturated carbocycles. The zero-order valence-corrected chi connectivity index (χ0v) is 16.5. The lowest BCUT2D eigenvalue weighted by Crippen LogP contribution is -1.99. The Morgan fingerprint density at radius 1 is 0.862 bits per heavy atom. The van der Waals surface area contributed by atoms with Gasteiger partial charge in [0.25, 0.3) is 0 Å². The minimum absolute atomic E-state index is 0.549. The highest BCUT2D eigenvalue weighted by Crippen LogP contribution is 2.41. The van der Waals surface area contributed by atoms with Gasteiger partial charge < -0.3 is 14.2 Å². The summed E-state index contributed by atoms with van der Waals surface area (Å²) in [5, 5.41) is 4.78. The lowest BCUT2D eigenvalue weighted by molar-refractivity contribution is 0.324. The van der Waals surface area contributed by atoms with Gasteiger partial charge in [-0.3, -0.25) is 0 Å². The SMILES string of the molecule is C=Cc1ccc(-c2cc3nccc(-c4cc(OC)c(OC)c(OC)c4)n3n2)cc1. The summed E-state index contributed by atoms with van der Waals surface area (Å²) in [7, 11) is 4.78. The zero-order valence-electron chi connectivity index (χ0n) is 16.5. The molecule has 0 aliphatic heterocycles. The molecule has 4 rings (SSSR count). The first-order valence-electron chi connectivity index (χ1n) is 9.06. The number of nitrogens with zero attached hydrogens (tertiary/aromatic N) is 3. The molecular weight excluding hydrogens is 366 g/mol. The molecule has 0 spiro atoms.